The first-order valence-corrected chi connectivity index (χ1v) is 19.6. The van der Waals surface area contributed by atoms with Gasteiger partial charge in [-0.3, -0.25) is 14.7 Å². The quantitative estimate of drug-likeness (QED) is 0.123. The van der Waals surface area contributed by atoms with Gasteiger partial charge < -0.3 is 24.6 Å². The van der Waals surface area contributed by atoms with Crippen molar-refractivity contribution in [1.29, 1.82) is 0 Å². The van der Waals surface area contributed by atoms with Crippen molar-refractivity contribution in [2.75, 3.05) is 13.2 Å². The van der Waals surface area contributed by atoms with Crippen molar-refractivity contribution in [3.05, 3.63) is 142 Å². The lowest BCUT2D eigenvalue weighted by molar-refractivity contribution is -0.143. The summed E-state index contributed by atoms with van der Waals surface area (Å²) in [5, 5.41) is 13.3. The highest BCUT2D eigenvalue weighted by Gasteiger charge is 2.38. The SMILES string of the molecule is CCC(c1ccccc1)N1Cc2cc3c(cc2CC1C(=O)NC(Cc1ccc(-c2ccnc(C)c2C)cc1)C(=O)O)OCC(c1ccc(OCC(C)C)cc1)O3. The van der Waals surface area contributed by atoms with Crippen molar-refractivity contribution in [1.82, 2.24) is 15.2 Å². The molecule has 9 heteroatoms. The second-order valence-corrected chi connectivity index (χ2v) is 15.4. The third kappa shape index (κ3) is 8.58. The monoisotopic (exact) mass is 753 g/mol. The first-order valence-electron chi connectivity index (χ1n) is 19.6. The van der Waals surface area contributed by atoms with Gasteiger partial charge >= 0.3 is 5.97 Å². The molecule has 7 rings (SSSR count). The fourth-order valence-corrected chi connectivity index (χ4v) is 7.76. The number of benzene rings is 4. The second-order valence-electron chi connectivity index (χ2n) is 15.4. The average Bonchev–Trinajstić information content (AvgIpc) is 3.20. The van der Waals surface area contributed by atoms with Crippen LogP contribution in [-0.2, 0) is 29.0 Å². The Balaban J connectivity index is 1.11. The van der Waals surface area contributed by atoms with E-state index in [1.165, 1.54) is 0 Å². The number of aromatic nitrogens is 1. The van der Waals surface area contributed by atoms with E-state index in [4.69, 9.17) is 14.2 Å². The highest BCUT2D eigenvalue weighted by Crippen LogP contribution is 2.42. The lowest BCUT2D eigenvalue weighted by Gasteiger charge is -2.42. The van der Waals surface area contributed by atoms with Gasteiger partial charge in [0.15, 0.2) is 17.6 Å². The average molecular weight is 754 g/mol. The number of nitrogens with one attached hydrogen (secondary N) is 1. The predicted octanol–water partition coefficient (Wildman–Crippen LogP) is 8.60. The van der Waals surface area contributed by atoms with Gasteiger partial charge in [-0.2, -0.15) is 0 Å². The van der Waals surface area contributed by atoms with Crippen LogP contribution in [0.5, 0.6) is 17.2 Å². The zero-order chi connectivity index (χ0) is 39.3. The maximum Gasteiger partial charge on any atom is 0.326 e. The van der Waals surface area contributed by atoms with Gasteiger partial charge in [0.05, 0.1) is 12.6 Å². The number of pyridine rings is 1. The summed E-state index contributed by atoms with van der Waals surface area (Å²) in [5.74, 6) is 1.19. The fourth-order valence-electron chi connectivity index (χ4n) is 7.76. The van der Waals surface area contributed by atoms with Crippen LogP contribution >= 0.6 is 0 Å². The minimum Gasteiger partial charge on any atom is -0.493 e. The molecule has 2 aliphatic rings. The van der Waals surface area contributed by atoms with Crippen LogP contribution in [0.15, 0.2) is 103 Å². The van der Waals surface area contributed by atoms with E-state index in [-0.39, 0.29) is 24.5 Å². The molecular formula is C47H51N3O6. The fraction of sp³-hybridized carbons (Fsp3) is 0.340. The zero-order valence-electron chi connectivity index (χ0n) is 32.8. The molecule has 5 aromatic rings. The Morgan fingerprint density at radius 2 is 1.68 bits per heavy atom. The molecule has 0 saturated carbocycles. The molecule has 290 valence electrons. The number of hydrogen-bond donors (Lipinski definition) is 2. The topological polar surface area (TPSA) is 110 Å². The first-order chi connectivity index (χ1) is 27.1. The highest BCUT2D eigenvalue weighted by molar-refractivity contribution is 5.87. The molecule has 1 amide bonds. The predicted molar refractivity (Wildman–Crippen MR) is 217 cm³/mol. The molecule has 0 saturated heterocycles. The van der Waals surface area contributed by atoms with Crippen molar-refractivity contribution in [3.8, 4) is 28.4 Å². The Labute approximate surface area is 329 Å². The molecule has 2 N–H and O–H groups in total. The molecule has 56 heavy (non-hydrogen) atoms. The van der Waals surface area contributed by atoms with Gasteiger partial charge in [0, 0.05) is 30.9 Å². The van der Waals surface area contributed by atoms with E-state index in [0.29, 0.717) is 43.6 Å². The lowest BCUT2D eigenvalue weighted by Crippen LogP contribution is -2.55. The smallest absolute Gasteiger partial charge is 0.326 e. The van der Waals surface area contributed by atoms with Crippen LogP contribution in [0, 0.1) is 19.8 Å². The Morgan fingerprint density at radius 3 is 2.38 bits per heavy atom. The molecule has 0 spiro atoms. The number of carboxylic acids is 1. The number of nitrogens with zero attached hydrogens (tertiary/aromatic N) is 2. The summed E-state index contributed by atoms with van der Waals surface area (Å²) in [6.45, 7) is 11.9. The number of carbonyl (C=O) groups excluding carboxylic acids is 1. The van der Waals surface area contributed by atoms with Crippen molar-refractivity contribution in [2.45, 2.75) is 84.7 Å². The summed E-state index contributed by atoms with van der Waals surface area (Å²) >= 11 is 0. The number of fused-ring (bicyclic) bond motifs is 2. The van der Waals surface area contributed by atoms with Gasteiger partial charge in [-0.05, 0) is 107 Å². The molecule has 0 radical (unpaired) electrons. The summed E-state index contributed by atoms with van der Waals surface area (Å²) < 4.78 is 18.7. The number of carbonyl (C=O) groups is 2. The number of aryl methyl sites for hydroxylation is 1. The summed E-state index contributed by atoms with van der Waals surface area (Å²) in [7, 11) is 0. The summed E-state index contributed by atoms with van der Waals surface area (Å²) in [5.41, 5.74) is 9.16. The van der Waals surface area contributed by atoms with E-state index in [0.717, 1.165) is 62.4 Å². The molecule has 4 aromatic carbocycles. The largest absolute Gasteiger partial charge is 0.493 e. The van der Waals surface area contributed by atoms with Crippen molar-refractivity contribution in [3.63, 3.8) is 0 Å². The standard InChI is InChI=1S/C47H51N3O6/c1-6-41(34-10-8-7-9-11-34)50-26-37-25-44-43(55-28-45(56-44)35-16-18-38(19-17-35)54-27-29(2)3)24-36(37)23-42(50)46(51)49-40(47(52)53)22-32-12-14-33(15-13-32)39-20-21-48-31(5)30(39)4/h7-21,24-25,29,40-42,45H,6,22-23,26-28H2,1-5H3,(H,49,51)(H,52,53). The normalized spacial score (nSPS) is 17.5. The van der Waals surface area contributed by atoms with E-state index in [1.807, 2.05) is 98.8 Å². The number of rotatable bonds is 13. The highest BCUT2D eigenvalue weighted by atomic mass is 16.6. The second kappa shape index (κ2) is 17.0. The molecule has 4 atom stereocenters. The van der Waals surface area contributed by atoms with Crippen LogP contribution < -0.4 is 19.5 Å². The maximum absolute atomic E-state index is 14.4. The Hall–Kier alpha value is -5.67. The summed E-state index contributed by atoms with van der Waals surface area (Å²) in [6, 6.07) is 30.3. The molecule has 0 aliphatic carbocycles. The van der Waals surface area contributed by atoms with Gasteiger partial charge in [0.2, 0.25) is 5.91 Å². The Bertz CT molecular complexity index is 2150. The third-order valence-electron chi connectivity index (χ3n) is 11.0. The molecule has 9 nitrogen and oxygen atoms in total. The van der Waals surface area contributed by atoms with E-state index >= 15 is 0 Å². The molecule has 3 heterocycles. The first kappa shape index (κ1) is 38.6. The van der Waals surface area contributed by atoms with E-state index in [1.54, 1.807) is 6.20 Å². The van der Waals surface area contributed by atoms with Gasteiger partial charge in [-0.1, -0.05) is 87.5 Å². The van der Waals surface area contributed by atoms with E-state index in [9.17, 15) is 14.7 Å². The summed E-state index contributed by atoms with van der Waals surface area (Å²) in [4.78, 5) is 33.6. The number of aliphatic carboxylic acids is 1. The number of carboxylic acid groups (broad SMARTS) is 1. The third-order valence-corrected chi connectivity index (χ3v) is 11.0. The van der Waals surface area contributed by atoms with Crippen molar-refractivity contribution in [2.24, 2.45) is 5.92 Å². The molecule has 1 aromatic heterocycles. The molecule has 0 bridgehead atoms. The number of hydrogen-bond acceptors (Lipinski definition) is 7. The Kier molecular flexibility index (Phi) is 11.7. The van der Waals surface area contributed by atoms with Crippen LogP contribution in [0.3, 0.4) is 0 Å². The summed E-state index contributed by atoms with van der Waals surface area (Å²) in [6.07, 6.45) is 2.83. The van der Waals surface area contributed by atoms with Crippen LogP contribution in [-0.4, -0.2) is 52.2 Å². The van der Waals surface area contributed by atoms with E-state index < -0.39 is 18.1 Å². The number of amides is 1. The van der Waals surface area contributed by atoms with Gasteiger partial charge in [-0.15, -0.1) is 0 Å². The zero-order valence-corrected chi connectivity index (χ0v) is 32.8. The molecule has 4 unspecified atom stereocenters. The molecule has 0 fully saturated rings. The van der Waals surface area contributed by atoms with E-state index in [2.05, 4.69) is 48.1 Å². The van der Waals surface area contributed by atoms with Gasteiger partial charge in [0.1, 0.15) is 18.4 Å². The molecule has 2 aliphatic heterocycles. The van der Waals surface area contributed by atoms with Crippen LogP contribution in [0.2, 0.25) is 0 Å². The maximum atomic E-state index is 14.4. The minimum absolute atomic E-state index is 0.0754. The van der Waals surface area contributed by atoms with Gasteiger partial charge in [0.25, 0.3) is 0 Å². The van der Waals surface area contributed by atoms with Crippen LogP contribution in [0.4, 0.5) is 0 Å². The van der Waals surface area contributed by atoms with Crippen molar-refractivity contribution >= 4 is 11.9 Å². The van der Waals surface area contributed by atoms with Crippen LogP contribution in [0.25, 0.3) is 11.1 Å². The minimum atomic E-state index is -1.11. The molecular weight excluding hydrogens is 703 g/mol. The van der Waals surface area contributed by atoms with Crippen molar-refractivity contribution < 1.29 is 28.9 Å². The number of ether oxygens (including phenoxy) is 3. The Morgan fingerprint density at radius 1 is 0.946 bits per heavy atom. The van der Waals surface area contributed by atoms with Crippen LogP contribution in [0.1, 0.15) is 78.4 Å². The lowest BCUT2D eigenvalue weighted by atomic mass is 9.89. The van der Waals surface area contributed by atoms with Gasteiger partial charge in [-0.25, -0.2) is 4.79 Å².